The summed E-state index contributed by atoms with van der Waals surface area (Å²) in [7, 11) is 0. The number of nitrogens with zero attached hydrogens (tertiary/aromatic N) is 1. The number of carbonyl (C=O) groups excluding carboxylic acids is 1. The van der Waals surface area contributed by atoms with E-state index in [9.17, 15) is 4.79 Å². The summed E-state index contributed by atoms with van der Waals surface area (Å²) in [5.74, 6) is 0.324. The highest BCUT2D eigenvalue weighted by Crippen LogP contribution is 2.26. The Kier molecular flexibility index (Phi) is 5.30. The number of anilines is 1. The monoisotopic (exact) mass is 295 g/mol. The van der Waals surface area contributed by atoms with Crippen molar-refractivity contribution in [2.24, 2.45) is 5.73 Å². The van der Waals surface area contributed by atoms with Crippen molar-refractivity contribution in [3.05, 3.63) is 35.7 Å². The fourth-order valence-corrected chi connectivity index (χ4v) is 1.66. The summed E-state index contributed by atoms with van der Waals surface area (Å²) >= 11 is 0. The molecule has 1 aromatic carbocycles. The maximum Gasteiger partial charge on any atom is 0.240 e. The molecule has 0 saturated heterocycles. The number of nitrogens with two attached hydrogens (primary N) is 1. The van der Waals surface area contributed by atoms with Gasteiger partial charge in [0.1, 0.15) is 6.26 Å². The molecular formula is C14H18ClN3O2. The standard InChI is InChI=1S/C14H17N3O2.ClH/c1-8-4-5-11(17-13(18)10(3)15)6-12(8)14-16-9(2)7-19-14;/h4-7,10H,15H2,1-3H3,(H,17,18);1H/t10-;/m1./s1. The van der Waals surface area contributed by atoms with Crippen LogP contribution in [-0.4, -0.2) is 16.9 Å². The van der Waals surface area contributed by atoms with E-state index in [-0.39, 0.29) is 18.3 Å². The Bertz CT molecular complexity index is 608. The summed E-state index contributed by atoms with van der Waals surface area (Å²) in [5.41, 5.74) is 8.91. The van der Waals surface area contributed by atoms with Gasteiger partial charge in [-0.15, -0.1) is 12.4 Å². The molecule has 2 rings (SSSR count). The zero-order valence-electron chi connectivity index (χ0n) is 11.6. The molecule has 5 nitrogen and oxygen atoms in total. The number of hydrogen-bond donors (Lipinski definition) is 2. The van der Waals surface area contributed by atoms with Gasteiger partial charge in [-0.1, -0.05) is 6.07 Å². The molecule has 0 saturated carbocycles. The molecule has 0 fully saturated rings. The molecule has 0 radical (unpaired) electrons. The van der Waals surface area contributed by atoms with Crippen molar-refractivity contribution in [3.63, 3.8) is 0 Å². The van der Waals surface area contributed by atoms with E-state index in [1.54, 1.807) is 13.2 Å². The van der Waals surface area contributed by atoms with Gasteiger partial charge in [-0.25, -0.2) is 4.98 Å². The van der Waals surface area contributed by atoms with Crippen LogP contribution in [-0.2, 0) is 4.79 Å². The maximum atomic E-state index is 11.6. The number of nitrogens with one attached hydrogen (secondary N) is 1. The SMILES string of the molecule is Cc1coc(-c2cc(NC(=O)[C@@H](C)N)ccc2C)n1.Cl. The first-order chi connectivity index (χ1) is 8.97. The minimum absolute atomic E-state index is 0. The van der Waals surface area contributed by atoms with Crippen molar-refractivity contribution in [2.75, 3.05) is 5.32 Å². The molecule has 0 bridgehead atoms. The quantitative estimate of drug-likeness (QED) is 0.912. The Balaban J connectivity index is 0.00000200. The van der Waals surface area contributed by atoms with Crippen LogP contribution in [0.1, 0.15) is 18.2 Å². The Morgan fingerprint density at radius 3 is 2.65 bits per heavy atom. The summed E-state index contributed by atoms with van der Waals surface area (Å²) in [6.07, 6.45) is 1.60. The number of carbonyl (C=O) groups is 1. The predicted molar refractivity (Wildman–Crippen MR) is 80.9 cm³/mol. The first-order valence-corrected chi connectivity index (χ1v) is 6.07. The highest BCUT2D eigenvalue weighted by atomic mass is 35.5. The van der Waals surface area contributed by atoms with Gasteiger partial charge < -0.3 is 15.5 Å². The second kappa shape index (κ2) is 6.54. The van der Waals surface area contributed by atoms with Crippen LogP contribution < -0.4 is 11.1 Å². The summed E-state index contributed by atoms with van der Waals surface area (Å²) < 4.78 is 5.39. The van der Waals surface area contributed by atoms with Crippen molar-refractivity contribution in [1.29, 1.82) is 0 Å². The van der Waals surface area contributed by atoms with Crippen molar-refractivity contribution in [2.45, 2.75) is 26.8 Å². The lowest BCUT2D eigenvalue weighted by atomic mass is 10.1. The van der Waals surface area contributed by atoms with E-state index in [0.717, 1.165) is 16.8 Å². The third-order valence-electron chi connectivity index (χ3n) is 2.77. The molecular weight excluding hydrogens is 278 g/mol. The number of amides is 1. The van der Waals surface area contributed by atoms with Crippen molar-refractivity contribution in [3.8, 4) is 11.5 Å². The molecule has 0 spiro atoms. The lowest BCUT2D eigenvalue weighted by Gasteiger charge is -2.10. The Morgan fingerprint density at radius 2 is 2.10 bits per heavy atom. The summed E-state index contributed by atoms with van der Waals surface area (Å²) in [4.78, 5) is 15.9. The first kappa shape index (κ1) is 16.2. The second-order valence-corrected chi connectivity index (χ2v) is 4.60. The van der Waals surface area contributed by atoms with Crippen molar-refractivity contribution < 1.29 is 9.21 Å². The third kappa shape index (κ3) is 3.59. The van der Waals surface area contributed by atoms with Gasteiger partial charge in [-0.2, -0.15) is 0 Å². The largest absolute Gasteiger partial charge is 0.444 e. The highest BCUT2D eigenvalue weighted by Gasteiger charge is 2.12. The topological polar surface area (TPSA) is 81.2 Å². The van der Waals surface area contributed by atoms with E-state index in [0.29, 0.717) is 11.6 Å². The van der Waals surface area contributed by atoms with Crippen LogP contribution in [0.15, 0.2) is 28.9 Å². The average molecular weight is 296 g/mol. The van der Waals surface area contributed by atoms with E-state index in [2.05, 4.69) is 10.3 Å². The second-order valence-electron chi connectivity index (χ2n) is 4.60. The van der Waals surface area contributed by atoms with Gasteiger partial charge in [-0.05, 0) is 38.5 Å². The predicted octanol–water partition coefficient (Wildman–Crippen LogP) is 2.67. The van der Waals surface area contributed by atoms with Gasteiger partial charge in [-0.3, -0.25) is 4.79 Å². The van der Waals surface area contributed by atoms with Crippen LogP contribution in [0.3, 0.4) is 0 Å². The van der Waals surface area contributed by atoms with Crippen LogP contribution in [0.25, 0.3) is 11.5 Å². The fraction of sp³-hybridized carbons (Fsp3) is 0.286. The number of aromatic nitrogens is 1. The Morgan fingerprint density at radius 1 is 1.40 bits per heavy atom. The molecule has 0 aliphatic rings. The lowest BCUT2D eigenvalue weighted by Crippen LogP contribution is -2.32. The van der Waals surface area contributed by atoms with Gasteiger partial charge in [0.25, 0.3) is 0 Å². The lowest BCUT2D eigenvalue weighted by molar-refractivity contribution is -0.117. The molecule has 20 heavy (non-hydrogen) atoms. The minimum atomic E-state index is -0.547. The summed E-state index contributed by atoms with van der Waals surface area (Å²) in [6, 6.07) is 5.02. The molecule has 1 aromatic heterocycles. The molecule has 0 aliphatic carbocycles. The maximum absolute atomic E-state index is 11.6. The van der Waals surface area contributed by atoms with Gasteiger partial charge >= 0.3 is 0 Å². The number of aryl methyl sites for hydroxylation is 2. The van der Waals surface area contributed by atoms with E-state index < -0.39 is 6.04 Å². The Hall–Kier alpha value is -1.85. The smallest absolute Gasteiger partial charge is 0.240 e. The van der Waals surface area contributed by atoms with Crippen molar-refractivity contribution in [1.82, 2.24) is 4.98 Å². The zero-order valence-corrected chi connectivity index (χ0v) is 12.5. The van der Waals surface area contributed by atoms with Gasteiger partial charge in [0.05, 0.1) is 11.7 Å². The van der Waals surface area contributed by atoms with E-state index >= 15 is 0 Å². The summed E-state index contributed by atoms with van der Waals surface area (Å²) in [5, 5.41) is 2.75. The third-order valence-corrected chi connectivity index (χ3v) is 2.77. The van der Waals surface area contributed by atoms with Crippen LogP contribution >= 0.6 is 12.4 Å². The number of benzene rings is 1. The van der Waals surface area contributed by atoms with E-state index in [1.165, 1.54) is 0 Å². The first-order valence-electron chi connectivity index (χ1n) is 6.07. The van der Waals surface area contributed by atoms with Crippen molar-refractivity contribution >= 4 is 24.0 Å². The molecule has 0 aliphatic heterocycles. The molecule has 1 amide bonds. The van der Waals surface area contributed by atoms with Gasteiger partial charge in [0.2, 0.25) is 11.8 Å². The number of hydrogen-bond acceptors (Lipinski definition) is 4. The number of rotatable bonds is 3. The highest BCUT2D eigenvalue weighted by molar-refractivity contribution is 5.94. The molecule has 108 valence electrons. The van der Waals surface area contributed by atoms with E-state index in [4.69, 9.17) is 10.2 Å². The van der Waals surface area contributed by atoms with Crippen LogP contribution in [0.2, 0.25) is 0 Å². The van der Waals surface area contributed by atoms with Crippen LogP contribution in [0.5, 0.6) is 0 Å². The summed E-state index contributed by atoms with van der Waals surface area (Å²) in [6.45, 7) is 5.47. The minimum Gasteiger partial charge on any atom is -0.444 e. The number of oxazole rings is 1. The molecule has 3 N–H and O–H groups in total. The van der Waals surface area contributed by atoms with Crippen LogP contribution in [0, 0.1) is 13.8 Å². The normalized spacial score (nSPS) is 11.6. The molecule has 6 heteroatoms. The zero-order chi connectivity index (χ0) is 14.0. The number of halogens is 1. The average Bonchev–Trinajstić information content (AvgIpc) is 2.78. The van der Waals surface area contributed by atoms with E-state index in [1.807, 2.05) is 32.0 Å². The Labute approximate surface area is 124 Å². The van der Waals surface area contributed by atoms with Crippen LogP contribution in [0.4, 0.5) is 5.69 Å². The van der Waals surface area contributed by atoms with Gasteiger partial charge in [0, 0.05) is 11.3 Å². The molecule has 2 aromatic rings. The van der Waals surface area contributed by atoms with Gasteiger partial charge in [0.15, 0.2) is 0 Å². The molecule has 0 unspecified atom stereocenters. The molecule has 1 heterocycles. The fourth-order valence-electron chi connectivity index (χ4n) is 1.66. The molecule has 1 atom stereocenters.